The molecule has 142 valence electrons. The third kappa shape index (κ3) is 3.69. The molecule has 27 heavy (non-hydrogen) atoms. The normalized spacial score (nSPS) is 18.0. The first-order chi connectivity index (χ1) is 13.1. The summed E-state index contributed by atoms with van der Waals surface area (Å²) in [5, 5.41) is 10.3. The third-order valence-electron chi connectivity index (χ3n) is 4.96. The van der Waals surface area contributed by atoms with E-state index in [9.17, 15) is 4.79 Å². The van der Waals surface area contributed by atoms with Gasteiger partial charge in [0.15, 0.2) is 11.5 Å². The Hall–Kier alpha value is -2.41. The minimum absolute atomic E-state index is 0.0989. The molecule has 1 saturated heterocycles. The van der Waals surface area contributed by atoms with Crippen molar-refractivity contribution in [3.8, 4) is 10.6 Å². The van der Waals surface area contributed by atoms with E-state index in [0.29, 0.717) is 12.2 Å². The summed E-state index contributed by atoms with van der Waals surface area (Å²) < 4.78 is 10.9. The van der Waals surface area contributed by atoms with E-state index in [1.807, 2.05) is 42.3 Å². The van der Waals surface area contributed by atoms with Gasteiger partial charge in [-0.05, 0) is 24.3 Å². The van der Waals surface area contributed by atoms with Gasteiger partial charge in [-0.2, -0.15) is 0 Å². The van der Waals surface area contributed by atoms with Crippen molar-refractivity contribution in [2.75, 3.05) is 6.54 Å². The Bertz CT molecular complexity index is 897. The Kier molecular flexibility index (Phi) is 5.11. The molecule has 3 aromatic heterocycles. The SMILES string of the molecule is CC(C)c1cc(C(=O)N2CCCCC[C@H]2c2cc(-c3cccs3)on2)no1. The fraction of sp³-hybridized carbons (Fsp3) is 0.450. The van der Waals surface area contributed by atoms with Crippen molar-refractivity contribution in [2.45, 2.75) is 51.5 Å². The zero-order valence-corrected chi connectivity index (χ0v) is 16.4. The summed E-state index contributed by atoms with van der Waals surface area (Å²) in [6.07, 6.45) is 4.02. The maximum absolute atomic E-state index is 13.2. The largest absolute Gasteiger partial charge is 0.360 e. The highest BCUT2D eigenvalue weighted by Gasteiger charge is 2.31. The van der Waals surface area contributed by atoms with Crippen LogP contribution < -0.4 is 0 Å². The molecule has 0 saturated carbocycles. The lowest BCUT2D eigenvalue weighted by Gasteiger charge is -2.27. The van der Waals surface area contributed by atoms with E-state index in [2.05, 4.69) is 10.3 Å². The first kappa shape index (κ1) is 18.0. The highest BCUT2D eigenvalue weighted by molar-refractivity contribution is 7.13. The number of rotatable bonds is 4. The summed E-state index contributed by atoms with van der Waals surface area (Å²) in [4.78, 5) is 16.1. The minimum Gasteiger partial charge on any atom is -0.360 e. The van der Waals surface area contributed by atoms with E-state index in [1.54, 1.807) is 17.4 Å². The number of amides is 1. The molecular weight excluding hydrogens is 362 g/mol. The van der Waals surface area contributed by atoms with Crippen molar-refractivity contribution in [3.05, 3.63) is 46.8 Å². The number of hydrogen-bond acceptors (Lipinski definition) is 6. The predicted octanol–water partition coefficient (Wildman–Crippen LogP) is 5.27. The van der Waals surface area contributed by atoms with Crippen LogP contribution in [0.2, 0.25) is 0 Å². The molecule has 1 aliphatic heterocycles. The van der Waals surface area contributed by atoms with Gasteiger partial charge in [0, 0.05) is 24.6 Å². The predicted molar refractivity (Wildman–Crippen MR) is 103 cm³/mol. The fourth-order valence-electron chi connectivity index (χ4n) is 3.45. The average Bonchev–Trinajstić information content (AvgIpc) is 3.39. The minimum atomic E-state index is -0.100. The second kappa shape index (κ2) is 7.68. The molecule has 0 bridgehead atoms. The van der Waals surface area contributed by atoms with Crippen LogP contribution in [0.5, 0.6) is 0 Å². The van der Waals surface area contributed by atoms with Crippen molar-refractivity contribution in [1.29, 1.82) is 0 Å². The second-order valence-electron chi connectivity index (χ2n) is 7.23. The summed E-state index contributed by atoms with van der Waals surface area (Å²) in [5.74, 6) is 1.58. The Morgan fingerprint density at radius 1 is 1.22 bits per heavy atom. The number of likely N-dealkylation sites (tertiary alicyclic amines) is 1. The van der Waals surface area contributed by atoms with Gasteiger partial charge >= 0.3 is 0 Å². The van der Waals surface area contributed by atoms with Crippen LogP contribution in [0.3, 0.4) is 0 Å². The quantitative estimate of drug-likeness (QED) is 0.611. The Morgan fingerprint density at radius 3 is 2.85 bits per heavy atom. The number of thiophene rings is 1. The zero-order chi connectivity index (χ0) is 18.8. The number of carbonyl (C=O) groups is 1. The molecule has 4 heterocycles. The topological polar surface area (TPSA) is 72.4 Å². The number of nitrogens with zero attached hydrogens (tertiary/aromatic N) is 3. The van der Waals surface area contributed by atoms with Crippen LogP contribution in [0.4, 0.5) is 0 Å². The van der Waals surface area contributed by atoms with Crippen LogP contribution in [0.15, 0.2) is 38.7 Å². The summed E-state index contributed by atoms with van der Waals surface area (Å²) in [6.45, 7) is 4.73. The summed E-state index contributed by atoms with van der Waals surface area (Å²) in [6, 6.07) is 7.62. The summed E-state index contributed by atoms with van der Waals surface area (Å²) in [5.41, 5.74) is 1.17. The maximum Gasteiger partial charge on any atom is 0.276 e. The molecule has 4 rings (SSSR count). The second-order valence-corrected chi connectivity index (χ2v) is 8.17. The van der Waals surface area contributed by atoms with Gasteiger partial charge in [0.05, 0.1) is 10.9 Å². The van der Waals surface area contributed by atoms with E-state index in [4.69, 9.17) is 9.05 Å². The van der Waals surface area contributed by atoms with Gasteiger partial charge in [0.25, 0.3) is 5.91 Å². The lowest BCUT2D eigenvalue weighted by atomic mass is 10.1. The first-order valence-electron chi connectivity index (χ1n) is 9.41. The molecule has 0 spiro atoms. The van der Waals surface area contributed by atoms with Crippen LogP contribution >= 0.6 is 11.3 Å². The lowest BCUT2D eigenvalue weighted by molar-refractivity contribution is 0.0663. The molecule has 6 nitrogen and oxygen atoms in total. The van der Waals surface area contributed by atoms with Crippen LogP contribution in [0.25, 0.3) is 10.6 Å². The van der Waals surface area contributed by atoms with E-state index in [1.165, 1.54) is 0 Å². The van der Waals surface area contributed by atoms with Gasteiger partial charge in [-0.25, -0.2) is 0 Å². The average molecular weight is 385 g/mol. The number of carbonyl (C=O) groups excluding carboxylic acids is 1. The molecule has 1 atom stereocenters. The maximum atomic E-state index is 13.2. The van der Waals surface area contributed by atoms with Gasteiger partial charge < -0.3 is 13.9 Å². The van der Waals surface area contributed by atoms with E-state index >= 15 is 0 Å². The molecule has 0 aliphatic carbocycles. The van der Waals surface area contributed by atoms with Crippen molar-refractivity contribution in [3.63, 3.8) is 0 Å². The Labute approximate surface area is 162 Å². The van der Waals surface area contributed by atoms with Crippen molar-refractivity contribution in [2.24, 2.45) is 0 Å². The molecule has 1 fully saturated rings. The lowest BCUT2D eigenvalue weighted by Crippen LogP contribution is -2.35. The fourth-order valence-corrected chi connectivity index (χ4v) is 4.12. The number of aromatic nitrogens is 2. The van der Waals surface area contributed by atoms with Crippen LogP contribution in [-0.4, -0.2) is 27.7 Å². The Balaban J connectivity index is 1.62. The van der Waals surface area contributed by atoms with E-state index in [-0.39, 0.29) is 17.9 Å². The van der Waals surface area contributed by atoms with Gasteiger partial charge in [-0.1, -0.05) is 43.1 Å². The van der Waals surface area contributed by atoms with Crippen molar-refractivity contribution >= 4 is 17.2 Å². The molecule has 1 amide bonds. The molecule has 0 radical (unpaired) electrons. The van der Waals surface area contributed by atoms with Gasteiger partial charge in [-0.15, -0.1) is 11.3 Å². The summed E-state index contributed by atoms with van der Waals surface area (Å²) in [7, 11) is 0. The third-order valence-corrected chi connectivity index (χ3v) is 5.85. The monoisotopic (exact) mass is 385 g/mol. The van der Waals surface area contributed by atoms with Crippen molar-refractivity contribution < 1.29 is 13.8 Å². The zero-order valence-electron chi connectivity index (χ0n) is 15.6. The van der Waals surface area contributed by atoms with Gasteiger partial charge in [0.1, 0.15) is 11.5 Å². The van der Waals surface area contributed by atoms with Crippen LogP contribution in [0, 0.1) is 0 Å². The molecule has 7 heteroatoms. The highest BCUT2D eigenvalue weighted by Crippen LogP contribution is 2.34. The molecular formula is C20H23N3O3S. The standard InChI is InChI=1S/C20H23N3O3S/c1-13(2)17-12-15(22-25-17)20(24)23-9-5-3-4-7-16(23)14-11-18(26-21-14)19-8-6-10-27-19/h6,8,10-13,16H,3-5,7,9H2,1-2H3/t16-/m0/s1. The first-order valence-corrected chi connectivity index (χ1v) is 10.3. The molecule has 3 aromatic rings. The number of hydrogen-bond donors (Lipinski definition) is 0. The molecule has 1 aliphatic rings. The molecule has 0 aromatic carbocycles. The molecule has 0 unspecified atom stereocenters. The smallest absolute Gasteiger partial charge is 0.276 e. The highest BCUT2D eigenvalue weighted by atomic mass is 32.1. The molecule has 0 N–H and O–H groups in total. The van der Waals surface area contributed by atoms with Crippen LogP contribution in [-0.2, 0) is 0 Å². The van der Waals surface area contributed by atoms with Gasteiger partial charge in [0.2, 0.25) is 0 Å². The Morgan fingerprint density at radius 2 is 2.11 bits per heavy atom. The van der Waals surface area contributed by atoms with E-state index < -0.39 is 0 Å². The summed E-state index contributed by atoms with van der Waals surface area (Å²) >= 11 is 1.61. The van der Waals surface area contributed by atoms with Crippen LogP contribution in [0.1, 0.15) is 73.4 Å². The van der Waals surface area contributed by atoms with Gasteiger partial charge in [-0.3, -0.25) is 4.79 Å². The van der Waals surface area contributed by atoms with E-state index in [0.717, 1.165) is 47.8 Å². The van der Waals surface area contributed by atoms with Crippen molar-refractivity contribution in [1.82, 2.24) is 15.2 Å².